The van der Waals surface area contributed by atoms with Gasteiger partial charge in [-0.2, -0.15) is 0 Å². The lowest BCUT2D eigenvalue weighted by molar-refractivity contribution is 0.102. The molecule has 0 unspecified atom stereocenters. The third-order valence-corrected chi connectivity index (χ3v) is 3.98. The topological polar surface area (TPSA) is 63.2 Å². The Morgan fingerprint density at radius 3 is 2.42 bits per heavy atom. The van der Waals surface area contributed by atoms with E-state index in [9.17, 15) is 4.79 Å². The summed E-state index contributed by atoms with van der Waals surface area (Å²) in [5.41, 5.74) is 4.15. The molecule has 0 spiro atoms. The number of pyridine rings is 1. The van der Waals surface area contributed by atoms with E-state index < -0.39 is 0 Å². The summed E-state index contributed by atoms with van der Waals surface area (Å²) in [7, 11) is 1.65. The second-order valence-corrected chi connectivity index (χ2v) is 5.92. The first-order valence-corrected chi connectivity index (χ1v) is 8.35. The lowest BCUT2D eigenvalue weighted by atomic mass is 10.2. The minimum absolute atomic E-state index is 0.231. The summed E-state index contributed by atoms with van der Waals surface area (Å²) in [6.45, 7) is 2.62. The van der Waals surface area contributed by atoms with Gasteiger partial charge in [-0.3, -0.25) is 4.79 Å². The number of ether oxygens (including phenoxy) is 1. The number of methoxy groups -OCH3 is 1. The molecule has 0 saturated heterocycles. The number of aryl methyl sites for hydroxylation is 1. The number of para-hydroxylation sites is 1. The molecule has 2 N–H and O–H groups in total. The van der Waals surface area contributed by atoms with E-state index in [2.05, 4.69) is 15.6 Å². The Balaban J connectivity index is 1.61. The van der Waals surface area contributed by atoms with Gasteiger partial charge in [0.1, 0.15) is 11.4 Å². The van der Waals surface area contributed by atoms with Crippen LogP contribution in [0.15, 0.2) is 66.9 Å². The first kappa shape index (κ1) is 17.5. The molecule has 0 atom stereocenters. The minimum atomic E-state index is -0.231. The molecule has 1 amide bonds. The molecule has 0 fully saturated rings. The summed E-state index contributed by atoms with van der Waals surface area (Å²) < 4.78 is 5.34. The van der Waals surface area contributed by atoms with Crippen LogP contribution in [0.25, 0.3) is 0 Å². The first-order valence-electron chi connectivity index (χ1n) is 8.35. The summed E-state index contributed by atoms with van der Waals surface area (Å²) in [4.78, 5) is 16.5. The molecule has 0 bridgehead atoms. The van der Waals surface area contributed by atoms with Crippen molar-refractivity contribution in [3.05, 3.63) is 83.7 Å². The molecule has 26 heavy (non-hydrogen) atoms. The van der Waals surface area contributed by atoms with Crippen LogP contribution >= 0.6 is 0 Å². The number of nitrogens with zero attached hydrogens (tertiary/aromatic N) is 1. The smallest absolute Gasteiger partial charge is 0.274 e. The Kier molecular flexibility index (Phi) is 5.49. The predicted molar refractivity (Wildman–Crippen MR) is 104 cm³/mol. The minimum Gasteiger partial charge on any atom is -0.496 e. The Hall–Kier alpha value is -3.34. The van der Waals surface area contributed by atoms with Crippen LogP contribution in [0.1, 0.15) is 21.6 Å². The Morgan fingerprint density at radius 2 is 1.73 bits per heavy atom. The molecule has 0 saturated carbocycles. The molecule has 1 aromatic heterocycles. The third kappa shape index (κ3) is 4.39. The van der Waals surface area contributed by atoms with Gasteiger partial charge in [-0.05, 0) is 37.3 Å². The second-order valence-electron chi connectivity index (χ2n) is 5.92. The standard InChI is InChI=1S/C21H21N3O2/c1-15-7-9-17(10-8-15)24-21(25)19-12-11-18(14-23-19)22-13-16-5-3-4-6-20(16)26-2/h3-12,14,22H,13H2,1-2H3,(H,24,25). The monoisotopic (exact) mass is 347 g/mol. The van der Waals surface area contributed by atoms with Gasteiger partial charge in [0.2, 0.25) is 0 Å². The highest BCUT2D eigenvalue weighted by molar-refractivity contribution is 6.02. The number of rotatable bonds is 6. The summed E-state index contributed by atoms with van der Waals surface area (Å²) in [5.74, 6) is 0.604. The van der Waals surface area contributed by atoms with Crippen molar-refractivity contribution in [3.8, 4) is 5.75 Å². The molecule has 0 radical (unpaired) electrons. The number of hydrogen-bond acceptors (Lipinski definition) is 4. The Bertz CT molecular complexity index is 875. The molecule has 0 aliphatic carbocycles. The molecule has 5 nitrogen and oxygen atoms in total. The van der Waals surface area contributed by atoms with Crippen LogP contribution in [0, 0.1) is 6.92 Å². The zero-order valence-corrected chi connectivity index (χ0v) is 14.8. The summed E-state index contributed by atoms with van der Waals surface area (Å²) in [6.07, 6.45) is 1.65. The number of carbonyl (C=O) groups excluding carboxylic acids is 1. The van der Waals surface area contributed by atoms with E-state index in [4.69, 9.17) is 4.74 Å². The van der Waals surface area contributed by atoms with Gasteiger partial charge in [0, 0.05) is 17.8 Å². The van der Waals surface area contributed by atoms with Crippen molar-refractivity contribution in [2.75, 3.05) is 17.7 Å². The molecule has 2 aromatic carbocycles. The van der Waals surface area contributed by atoms with Crippen LogP contribution in [-0.4, -0.2) is 18.0 Å². The summed E-state index contributed by atoms with van der Waals surface area (Å²) in [5, 5.41) is 6.12. The van der Waals surface area contributed by atoms with Gasteiger partial charge in [0.25, 0.3) is 5.91 Å². The number of aromatic nitrogens is 1. The van der Waals surface area contributed by atoms with E-state index in [-0.39, 0.29) is 5.91 Å². The van der Waals surface area contributed by atoms with Gasteiger partial charge < -0.3 is 15.4 Å². The number of hydrogen-bond donors (Lipinski definition) is 2. The van der Waals surface area contributed by atoms with E-state index >= 15 is 0 Å². The van der Waals surface area contributed by atoms with Crippen LogP contribution in [0.5, 0.6) is 5.75 Å². The van der Waals surface area contributed by atoms with Gasteiger partial charge >= 0.3 is 0 Å². The predicted octanol–water partition coefficient (Wildman–Crippen LogP) is 4.26. The zero-order chi connectivity index (χ0) is 18.4. The number of benzene rings is 2. The SMILES string of the molecule is COc1ccccc1CNc1ccc(C(=O)Nc2ccc(C)cc2)nc1. The summed E-state index contributed by atoms with van der Waals surface area (Å²) >= 11 is 0. The van der Waals surface area contributed by atoms with Crippen LogP contribution in [-0.2, 0) is 6.54 Å². The van der Waals surface area contributed by atoms with Gasteiger partial charge in [-0.25, -0.2) is 4.98 Å². The van der Waals surface area contributed by atoms with Gasteiger partial charge in [-0.15, -0.1) is 0 Å². The normalized spacial score (nSPS) is 10.2. The number of carbonyl (C=O) groups is 1. The van der Waals surface area contributed by atoms with Crippen molar-refractivity contribution in [3.63, 3.8) is 0 Å². The van der Waals surface area contributed by atoms with Crippen molar-refractivity contribution in [1.29, 1.82) is 0 Å². The van der Waals surface area contributed by atoms with E-state index in [1.807, 2.05) is 61.5 Å². The zero-order valence-electron chi connectivity index (χ0n) is 14.8. The molecule has 0 aliphatic heterocycles. The van der Waals surface area contributed by atoms with E-state index in [1.165, 1.54) is 0 Å². The molecular formula is C21H21N3O2. The number of nitrogens with one attached hydrogen (secondary N) is 2. The first-order chi connectivity index (χ1) is 12.7. The van der Waals surface area contributed by atoms with Crippen LogP contribution in [0.4, 0.5) is 11.4 Å². The van der Waals surface area contributed by atoms with Crippen LogP contribution in [0.2, 0.25) is 0 Å². The maximum Gasteiger partial charge on any atom is 0.274 e. The molecule has 3 rings (SSSR count). The fraction of sp³-hybridized carbons (Fsp3) is 0.143. The second kappa shape index (κ2) is 8.16. The molecule has 5 heteroatoms. The average molecular weight is 347 g/mol. The lowest BCUT2D eigenvalue weighted by Crippen LogP contribution is -2.13. The van der Waals surface area contributed by atoms with Crippen molar-refractivity contribution >= 4 is 17.3 Å². The van der Waals surface area contributed by atoms with E-state index in [0.29, 0.717) is 12.2 Å². The third-order valence-electron chi connectivity index (χ3n) is 3.98. The molecule has 0 aliphatic rings. The Morgan fingerprint density at radius 1 is 1.00 bits per heavy atom. The van der Waals surface area contributed by atoms with Crippen LogP contribution < -0.4 is 15.4 Å². The fourth-order valence-corrected chi connectivity index (χ4v) is 2.51. The number of amides is 1. The van der Waals surface area contributed by atoms with E-state index in [1.54, 1.807) is 19.4 Å². The highest BCUT2D eigenvalue weighted by atomic mass is 16.5. The molecule has 3 aromatic rings. The maximum atomic E-state index is 12.3. The van der Waals surface area contributed by atoms with Crippen molar-refractivity contribution in [2.24, 2.45) is 0 Å². The highest BCUT2D eigenvalue weighted by Crippen LogP contribution is 2.19. The molecule has 1 heterocycles. The highest BCUT2D eigenvalue weighted by Gasteiger charge is 2.08. The van der Waals surface area contributed by atoms with Gasteiger partial charge in [-0.1, -0.05) is 35.9 Å². The van der Waals surface area contributed by atoms with Gasteiger partial charge in [0.15, 0.2) is 0 Å². The fourth-order valence-electron chi connectivity index (χ4n) is 2.51. The number of anilines is 2. The largest absolute Gasteiger partial charge is 0.496 e. The van der Waals surface area contributed by atoms with Crippen molar-refractivity contribution < 1.29 is 9.53 Å². The van der Waals surface area contributed by atoms with Crippen LogP contribution in [0.3, 0.4) is 0 Å². The van der Waals surface area contributed by atoms with Gasteiger partial charge in [0.05, 0.1) is 19.0 Å². The Labute approximate surface area is 153 Å². The van der Waals surface area contributed by atoms with Crippen molar-refractivity contribution in [1.82, 2.24) is 4.98 Å². The van der Waals surface area contributed by atoms with E-state index in [0.717, 1.165) is 28.3 Å². The average Bonchev–Trinajstić information content (AvgIpc) is 2.68. The molecular weight excluding hydrogens is 326 g/mol. The molecule has 132 valence electrons. The summed E-state index contributed by atoms with van der Waals surface area (Å²) in [6, 6.07) is 19.0. The van der Waals surface area contributed by atoms with Crippen molar-refractivity contribution in [2.45, 2.75) is 13.5 Å². The maximum absolute atomic E-state index is 12.3. The lowest BCUT2D eigenvalue weighted by Gasteiger charge is -2.10. The quantitative estimate of drug-likeness (QED) is 0.699.